The van der Waals surface area contributed by atoms with Gasteiger partial charge < -0.3 is 10.5 Å². The lowest BCUT2D eigenvalue weighted by Gasteiger charge is -2.23. The second-order valence-electron chi connectivity index (χ2n) is 4.03. The lowest BCUT2D eigenvalue weighted by molar-refractivity contribution is -0.274. The zero-order chi connectivity index (χ0) is 12.6. The lowest BCUT2D eigenvalue weighted by atomic mass is 9.88. The number of hydrogen-bond acceptors (Lipinski definition) is 2. The first-order valence-electron chi connectivity index (χ1n) is 5.20. The van der Waals surface area contributed by atoms with E-state index in [1.807, 2.05) is 0 Å². The minimum Gasteiger partial charge on any atom is -0.404 e. The highest BCUT2D eigenvalue weighted by Gasteiger charge is 2.33. The molecule has 0 saturated carbocycles. The van der Waals surface area contributed by atoms with Crippen LogP contribution in [0.3, 0.4) is 0 Å². The summed E-state index contributed by atoms with van der Waals surface area (Å²) in [6.45, 7) is 0. The number of hydrogen-bond donors (Lipinski definition) is 1. The smallest absolute Gasteiger partial charge is 0.404 e. The summed E-state index contributed by atoms with van der Waals surface area (Å²) in [6, 6.07) is 2.57. The molecular formula is C11H11ClF3NO. The summed E-state index contributed by atoms with van der Waals surface area (Å²) >= 11 is 5.75. The number of aryl methyl sites for hydroxylation is 1. The van der Waals surface area contributed by atoms with Crippen molar-refractivity contribution in [3.8, 4) is 5.75 Å². The molecule has 0 unspecified atom stereocenters. The maximum Gasteiger partial charge on any atom is 0.573 e. The molecule has 0 aromatic heterocycles. The average Bonchev–Trinajstić information content (AvgIpc) is 2.18. The molecule has 0 amide bonds. The number of benzene rings is 1. The molecule has 0 saturated heterocycles. The molecular weight excluding hydrogens is 255 g/mol. The first kappa shape index (κ1) is 12.5. The quantitative estimate of drug-likeness (QED) is 0.842. The molecule has 17 heavy (non-hydrogen) atoms. The first-order valence-corrected chi connectivity index (χ1v) is 5.58. The van der Waals surface area contributed by atoms with Crippen LogP contribution in [-0.2, 0) is 6.42 Å². The van der Waals surface area contributed by atoms with E-state index in [-0.39, 0.29) is 16.8 Å². The van der Waals surface area contributed by atoms with Gasteiger partial charge in [0, 0.05) is 6.04 Å². The van der Waals surface area contributed by atoms with Gasteiger partial charge in [0.05, 0.1) is 5.02 Å². The largest absolute Gasteiger partial charge is 0.573 e. The van der Waals surface area contributed by atoms with Crippen molar-refractivity contribution in [2.45, 2.75) is 31.7 Å². The third kappa shape index (κ3) is 2.84. The number of ether oxygens (including phenoxy) is 1. The molecule has 1 aliphatic rings. The molecule has 0 bridgehead atoms. The van der Waals surface area contributed by atoms with E-state index in [0.717, 1.165) is 24.8 Å². The Hall–Kier alpha value is -0.940. The Morgan fingerprint density at radius 2 is 2.06 bits per heavy atom. The van der Waals surface area contributed by atoms with Crippen LogP contribution in [-0.4, -0.2) is 6.36 Å². The van der Waals surface area contributed by atoms with E-state index >= 15 is 0 Å². The Balaban J connectivity index is 2.38. The normalized spacial score (nSPS) is 19.9. The summed E-state index contributed by atoms with van der Waals surface area (Å²) in [5.41, 5.74) is 7.45. The average molecular weight is 266 g/mol. The van der Waals surface area contributed by atoms with Crippen LogP contribution in [0.2, 0.25) is 5.02 Å². The summed E-state index contributed by atoms with van der Waals surface area (Å²) in [5, 5.41) is -0.0322. The molecule has 1 aromatic carbocycles. The van der Waals surface area contributed by atoms with Gasteiger partial charge in [-0.05, 0) is 42.5 Å². The van der Waals surface area contributed by atoms with Crippen molar-refractivity contribution >= 4 is 11.6 Å². The van der Waals surface area contributed by atoms with E-state index < -0.39 is 6.36 Å². The van der Waals surface area contributed by atoms with Crippen molar-refractivity contribution in [2.24, 2.45) is 5.73 Å². The van der Waals surface area contributed by atoms with Crippen LogP contribution in [0.15, 0.2) is 12.1 Å². The van der Waals surface area contributed by atoms with E-state index in [2.05, 4.69) is 4.74 Å². The summed E-state index contributed by atoms with van der Waals surface area (Å²) in [7, 11) is 0. The second-order valence-corrected chi connectivity index (χ2v) is 4.44. The minimum absolute atomic E-state index is 0.0322. The molecule has 0 radical (unpaired) electrons. The zero-order valence-corrected chi connectivity index (χ0v) is 9.61. The SMILES string of the molecule is N[C@H]1CCCc2cc(Cl)c(OC(F)(F)F)cc21. The van der Waals surface area contributed by atoms with Gasteiger partial charge in [-0.15, -0.1) is 13.2 Å². The van der Waals surface area contributed by atoms with E-state index in [9.17, 15) is 13.2 Å². The van der Waals surface area contributed by atoms with Crippen LogP contribution in [0.5, 0.6) is 5.75 Å². The standard InChI is InChI=1S/C11H11ClF3NO/c12-8-4-6-2-1-3-9(16)7(6)5-10(8)17-11(13,14)15/h4-5,9H,1-3,16H2/t9-/m0/s1. The van der Waals surface area contributed by atoms with Gasteiger partial charge in [-0.1, -0.05) is 11.6 Å². The lowest BCUT2D eigenvalue weighted by Crippen LogP contribution is -2.20. The number of nitrogens with two attached hydrogens (primary N) is 1. The topological polar surface area (TPSA) is 35.2 Å². The van der Waals surface area contributed by atoms with Gasteiger partial charge in [0.1, 0.15) is 5.75 Å². The van der Waals surface area contributed by atoms with Crippen LogP contribution in [0, 0.1) is 0 Å². The number of alkyl halides is 3. The van der Waals surface area contributed by atoms with Gasteiger partial charge in [0.25, 0.3) is 0 Å². The van der Waals surface area contributed by atoms with Gasteiger partial charge in [-0.2, -0.15) is 0 Å². The van der Waals surface area contributed by atoms with Crippen LogP contribution in [0.4, 0.5) is 13.2 Å². The number of halogens is 4. The third-order valence-electron chi connectivity index (χ3n) is 2.78. The zero-order valence-electron chi connectivity index (χ0n) is 8.85. The van der Waals surface area contributed by atoms with Crippen molar-refractivity contribution in [3.05, 3.63) is 28.3 Å². The maximum atomic E-state index is 12.1. The summed E-state index contributed by atoms with van der Waals surface area (Å²) in [5.74, 6) is -0.379. The summed E-state index contributed by atoms with van der Waals surface area (Å²) in [6.07, 6.45) is -2.27. The minimum atomic E-state index is -4.74. The van der Waals surface area contributed by atoms with Crippen LogP contribution in [0.1, 0.15) is 30.0 Å². The molecule has 0 spiro atoms. The molecule has 0 fully saturated rings. The van der Waals surface area contributed by atoms with Gasteiger partial charge in [-0.25, -0.2) is 0 Å². The molecule has 2 nitrogen and oxygen atoms in total. The highest BCUT2D eigenvalue weighted by atomic mass is 35.5. The van der Waals surface area contributed by atoms with E-state index in [1.165, 1.54) is 12.1 Å². The van der Waals surface area contributed by atoms with Crippen molar-refractivity contribution in [3.63, 3.8) is 0 Å². The molecule has 1 atom stereocenters. The molecule has 0 aliphatic heterocycles. The third-order valence-corrected chi connectivity index (χ3v) is 3.08. The highest BCUT2D eigenvalue weighted by molar-refractivity contribution is 6.32. The predicted octanol–water partition coefficient (Wildman–Crippen LogP) is 3.57. The van der Waals surface area contributed by atoms with Crippen molar-refractivity contribution in [1.29, 1.82) is 0 Å². The molecule has 1 aliphatic carbocycles. The van der Waals surface area contributed by atoms with Crippen LogP contribution >= 0.6 is 11.6 Å². The van der Waals surface area contributed by atoms with Gasteiger partial charge >= 0.3 is 6.36 Å². The van der Waals surface area contributed by atoms with Crippen molar-refractivity contribution in [1.82, 2.24) is 0 Å². The van der Waals surface area contributed by atoms with Crippen molar-refractivity contribution < 1.29 is 17.9 Å². The van der Waals surface area contributed by atoms with E-state index in [1.54, 1.807) is 0 Å². The molecule has 1 aromatic rings. The fourth-order valence-electron chi connectivity index (χ4n) is 2.04. The maximum absolute atomic E-state index is 12.1. The van der Waals surface area contributed by atoms with E-state index in [4.69, 9.17) is 17.3 Å². The molecule has 6 heteroatoms. The fourth-order valence-corrected chi connectivity index (χ4v) is 2.27. The van der Waals surface area contributed by atoms with Gasteiger partial charge in [-0.3, -0.25) is 0 Å². The van der Waals surface area contributed by atoms with E-state index in [0.29, 0.717) is 5.56 Å². The van der Waals surface area contributed by atoms with Crippen LogP contribution < -0.4 is 10.5 Å². The second kappa shape index (κ2) is 4.38. The van der Waals surface area contributed by atoms with Crippen molar-refractivity contribution in [2.75, 3.05) is 0 Å². The molecule has 0 heterocycles. The first-order chi connectivity index (χ1) is 7.87. The summed E-state index contributed by atoms with van der Waals surface area (Å²) in [4.78, 5) is 0. The Kier molecular flexibility index (Phi) is 3.23. The molecule has 2 rings (SSSR count). The summed E-state index contributed by atoms with van der Waals surface area (Å²) < 4.78 is 40.3. The number of rotatable bonds is 1. The Bertz CT molecular complexity index is 433. The Labute approximate surface area is 102 Å². The predicted molar refractivity (Wildman–Crippen MR) is 58.0 cm³/mol. The fraction of sp³-hybridized carbons (Fsp3) is 0.455. The van der Waals surface area contributed by atoms with Gasteiger partial charge in [0.2, 0.25) is 0 Å². The highest BCUT2D eigenvalue weighted by Crippen LogP contribution is 2.37. The van der Waals surface area contributed by atoms with Gasteiger partial charge in [0.15, 0.2) is 0 Å². The molecule has 2 N–H and O–H groups in total. The monoisotopic (exact) mass is 265 g/mol. The Morgan fingerprint density at radius 1 is 1.35 bits per heavy atom. The number of fused-ring (bicyclic) bond motifs is 1. The Morgan fingerprint density at radius 3 is 2.71 bits per heavy atom. The molecule has 94 valence electrons. The van der Waals surface area contributed by atoms with Crippen LogP contribution in [0.25, 0.3) is 0 Å².